The molecule has 3 heteroatoms. The van der Waals surface area contributed by atoms with Gasteiger partial charge in [-0.3, -0.25) is 0 Å². The highest BCUT2D eigenvalue weighted by atomic mass is 19.3. The monoisotopic (exact) mass is 227 g/mol. The molecule has 0 atom stereocenters. The van der Waals surface area contributed by atoms with E-state index in [2.05, 4.69) is 0 Å². The van der Waals surface area contributed by atoms with Gasteiger partial charge in [0.05, 0.1) is 0 Å². The highest BCUT2D eigenvalue weighted by Crippen LogP contribution is 2.22. The summed E-state index contributed by atoms with van der Waals surface area (Å²) >= 11 is 0. The first-order valence-electron chi connectivity index (χ1n) is 5.67. The van der Waals surface area contributed by atoms with Crippen molar-refractivity contribution < 1.29 is 8.78 Å². The molecule has 0 bridgehead atoms. The number of unbranched alkanes of at least 4 members (excludes halogenated alkanes) is 1. The second-order valence-electron chi connectivity index (χ2n) is 4.26. The fourth-order valence-electron chi connectivity index (χ4n) is 1.77. The number of hydrogen-bond acceptors (Lipinski definition) is 1. The summed E-state index contributed by atoms with van der Waals surface area (Å²) in [6.45, 7) is 1.62. The van der Waals surface area contributed by atoms with Crippen LogP contribution in [0.15, 0.2) is 24.3 Å². The van der Waals surface area contributed by atoms with Crippen LogP contribution in [-0.4, -0.2) is 12.5 Å². The third-order valence-electron chi connectivity index (χ3n) is 2.52. The van der Waals surface area contributed by atoms with E-state index in [9.17, 15) is 8.78 Å². The van der Waals surface area contributed by atoms with Crippen LogP contribution >= 0.6 is 0 Å². The molecule has 1 aromatic rings. The minimum Gasteiger partial charge on any atom is -0.330 e. The van der Waals surface area contributed by atoms with Gasteiger partial charge in [0.25, 0.3) is 0 Å². The van der Waals surface area contributed by atoms with E-state index in [1.807, 2.05) is 18.2 Å². The molecule has 0 unspecified atom stereocenters. The van der Waals surface area contributed by atoms with Crippen LogP contribution < -0.4 is 5.73 Å². The molecule has 0 fully saturated rings. The number of hydrogen-bond donors (Lipinski definition) is 1. The molecule has 2 N–H and O–H groups in total. The van der Waals surface area contributed by atoms with Crippen molar-refractivity contribution in [3.63, 3.8) is 0 Å². The van der Waals surface area contributed by atoms with Crippen LogP contribution in [-0.2, 0) is 12.8 Å². The molecule has 90 valence electrons. The SMILES string of the molecule is CC(F)(F)Cc1ccccc1CCCCN. The van der Waals surface area contributed by atoms with Gasteiger partial charge >= 0.3 is 0 Å². The van der Waals surface area contributed by atoms with Crippen molar-refractivity contribution in [1.82, 2.24) is 0 Å². The van der Waals surface area contributed by atoms with E-state index in [0.717, 1.165) is 37.3 Å². The molecule has 0 saturated heterocycles. The van der Waals surface area contributed by atoms with Gasteiger partial charge in [-0.05, 0) is 43.9 Å². The average molecular weight is 227 g/mol. The second kappa shape index (κ2) is 5.94. The molecule has 0 saturated carbocycles. The van der Waals surface area contributed by atoms with Gasteiger partial charge in [0, 0.05) is 6.42 Å². The number of rotatable bonds is 6. The molecule has 0 amide bonds. The third kappa shape index (κ3) is 4.71. The summed E-state index contributed by atoms with van der Waals surface area (Å²) in [5, 5.41) is 0. The molecule has 0 aliphatic carbocycles. The van der Waals surface area contributed by atoms with Crippen LogP contribution in [0.4, 0.5) is 8.78 Å². The van der Waals surface area contributed by atoms with E-state index < -0.39 is 5.92 Å². The second-order valence-corrected chi connectivity index (χ2v) is 4.26. The zero-order valence-electron chi connectivity index (χ0n) is 9.68. The Morgan fingerprint density at radius 1 is 1.12 bits per heavy atom. The normalized spacial score (nSPS) is 11.8. The maximum atomic E-state index is 13.0. The highest BCUT2D eigenvalue weighted by molar-refractivity contribution is 5.28. The number of alkyl halides is 2. The Bertz CT molecular complexity index is 318. The number of halogens is 2. The molecule has 0 aliphatic heterocycles. The maximum absolute atomic E-state index is 13.0. The first kappa shape index (κ1) is 13.1. The zero-order chi connectivity index (χ0) is 12.0. The first-order chi connectivity index (χ1) is 7.53. The van der Waals surface area contributed by atoms with E-state index in [0.29, 0.717) is 6.54 Å². The smallest absolute Gasteiger partial charge is 0.249 e. The van der Waals surface area contributed by atoms with Gasteiger partial charge in [0.15, 0.2) is 0 Å². The van der Waals surface area contributed by atoms with Gasteiger partial charge in [0.2, 0.25) is 5.92 Å². The quantitative estimate of drug-likeness (QED) is 0.742. The van der Waals surface area contributed by atoms with Crippen LogP contribution in [0.1, 0.15) is 30.9 Å². The van der Waals surface area contributed by atoms with Gasteiger partial charge in [-0.15, -0.1) is 0 Å². The Labute approximate surface area is 95.7 Å². The molecule has 1 rings (SSSR count). The van der Waals surface area contributed by atoms with Crippen molar-refractivity contribution in [3.8, 4) is 0 Å². The van der Waals surface area contributed by atoms with E-state index in [-0.39, 0.29) is 6.42 Å². The minimum absolute atomic E-state index is 0.175. The summed E-state index contributed by atoms with van der Waals surface area (Å²) in [5.41, 5.74) is 7.19. The minimum atomic E-state index is -2.63. The molecule has 16 heavy (non-hydrogen) atoms. The van der Waals surface area contributed by atoms with E-state index in [1.54, 1.807) is 6.07 Å². The Morgan fingerprint density at radius 3 is 2.31 bits per heavy atom. The van der Waals surface area contributed by atoms with Crippen molar-refractivity contribution in [3.05, 3.63) is 35.4 Å². The molecular formula is C13H19F2N. The Morgan fingerprint density at radius 2 is 1.75 bits per heavy atom. The molecule has 1 aromatic carbocycles. The summed E-state index contributed by atoms with van der Waals surface area (Å²) in [5.74, 6) is -2.63. The standard InChI is InChI=1S/C13H19F2N/c1-13(14,15)10-12-8-3-2-6-11(12)7-4-5-9-16/h2-3,6,8H,4-5,7,9-10,16H2,1H3. The summed E-state index contributed by atoms with van der Waals surface area (Å²) < 4.78 is 25.9. The zero-order valence-corrected chi connectivity index (χ0v) is 9.68. The van der Waals surface area contributed by atoms with Crippen molar-refractivity contribution in [2.75, 3.05) is 6.54 Å². The van der Waals surface area contributed by atoms with Crippen molar-refractivity contribution in [1.29, 1.82) is 0 Å². The lowest BCUT2D eigenvalue weighted by Crippen LogP contribution is -2.15. The van der Waals surface area contributed by atoms with E-state index >= 15 is 0 Å². The number of nitrogens with two attached hydrogens (primary N) is 1. The Hall–Kier alpha value is -0.960. The van der Waals surface area contributed by atoms with Gasteiger partial charge in [-0.25, -0.2) is 8.78 Å². The summed E-state index contributed by atoms with van der Waals surface area (Å²) in [7, 11) is 0. The topological polar surface area (TPSA) is 26.0 Å². The van der Waals surface area contributed by atoms with Crippen LogP contribution in [0.2, 0.25) is 0 Å². The van der Waals surface area contributed by atoms with Gasteiger partial charge in [0.1, 0.15) is 0 Å². The highest BCUT2D eigenvalue weighted by Gasteiger charge is 2.22. The predicted octanol–water partition coefficient (Wildman–Crippen LogP) is 3.17. The van der Waals surface area contributed by atoms with Crippen LogP contribution in [0.5, 0.6) is 0 Å². The largest absolute Gasteiger partial charge is 0.330 e. The Balaban J connectivity index is 2.68. The molecule has 0 spiro atoms. The van der Waals surface area contributed by atoms with Crippen LogP contribution in [0.25, 0.3) is 0 Å². The lowest BCUT2D eigenvalue weighted by molar-refractivity contribution is 0.0224. The fourth-order valence-corrected chi connectivity index (χ4v) is 1.77. The fraction of sp³-hybridized carbons (Fsp3) is 0.538. The molecule has 1 nitrogen and oxygen atoms in total. The van der Waals surface area contributed by atoms with Gasteiger partial charge < -0.3 is 5.73 Å². The van der Waals surface area contributed by atoms with Crippen LogP contribution in [0.3, 0.4) is 0 Å². The third-order valence-corrected chi connectivity index (χ3v) is 2.52. The van der Waals surface area contributed by atoms with E-state index in [4.69, 9.17) is 5.73 Å². The summed E-state index contributed by atoms with van der Waals surface area (Å²) in [6.07, 6.45) is 2.56. The number of benzene rings is 1. The van der Waals surface area contributed by atoms with Crippen molar-refractivity contribution in [2.45, 2.75) is 38.5 Å². The average Bonchev–Trinajstić information content (AvgIpc) is 2.19. The van der Waals surface area contributed by atoms with Crippen molar-refractivity contribution in [2.24, 2.45) is 5.73 Å². The van der Waals surface area contributed by atoms with Gasteiger partial charge in [-0.1, -0.05) is 24.3 Å². The first-order valence-corrected chi connectivity index (χ1v) is 5.67. The Kier molecular flexibility index (Phi) is 4.87. The molecular weight excluding hydrogens is 208 g/mol. The number of aryl methyl sites for hydroxylation is 1. The van der Waals surface area contributed by atoms with Crippen LogP contribution in [0, 0.1) is 0 Å². The van der Waals surface area contributed by atoms with Crippen molar-refractivity contribution >= 4 is 0 Å². The lowest BCUT2D eigenvalue weighted by atomic mass is 9.97. The molecule has 0 radical (unpaired) electrons. The molecule has 0 heterocycles. The molecule has 0 aliphatic rings. The lowest BCUT2D eigenvalue weighted by Gasteiger charge is -2.14. The van der Waals surface area contributed by atoms with Gasteiger partial charge in [-0.2, -0.15) is 0 Å². The van der Waals surface area contributed by atoms with E-state index in [1.165, 1.54) is 0 Å². The summed E-state index contributed by atoms with van der Waals surface area (Å²) in [6, 6.07) is 7.43. The predicted molar refractivity (Wildman–Crippen MR) is 62.8 cm³/mol. The molecule has 0 aromatic heterocycles. The maximum Gasteiger partial charge on any atom is 0.249 e. The summed E-state index contributed by atoms with van der Waals surface area (Å²) in [4.78, 5) is 0.